The number of carbonyl (C=O) groups excluding carboxylic acids is 1. The van der Waals surface area contributed by atoms with E-state index in [-0.39, 0.29) is 24.8 Å². The lowest BCUT2D eigenvalue weighted by Crippen LogP contribution is -2.63. The van der Waals surface area contributed by atoms with Crippen molar-refractivity contribution in [1.82, 2.24) is 5.32 Å². The average Bonchev–Trinajstić information content (AvgIpc) is 2.96. The second kappa shape index (κ2) is 4.28. The minimum Gasteiger partial charge on any atom is -0.359 e. The lowest BCUT2D eigenvalue weighted by molar-refractivity contribution is -0.161. The number of ether oxygens (including phenoxy) is 2. The van der Waals surface area contributed by atoms with Gasteiger partial charge in [0.25, 0.3) is 5.91 Å². The molecule has 2 fully saturated rings. The van der Waals surface area contributed by atoms with Gasteiger partial charge >= 0.3 is 0 Å². The summed E-state index contributed by atoms with van der Waals surface area (Å²) in [4.78, 5) is 11.1. The van der Waals surface area contributed by atoms with Crippen molar-refractivity contribution in [3.8, 4) is 0 Å². The average molecular weight is 199 g/mol. The van der Waals surface area contributed by atoms with Gasteiger partial charge in [0.2, 0.25) is 0 Å². The molecule has 2 aliphatic rings. The molecule has 0 bridgehead atoms. The van der Waals surface area contributed by atoms with Crippen molar-refractivity contribution < 1.29 is 14.3 Å². The smallest absolute Gasteiger partial charge is 0.251 e. The monoisotopic (exact) mass is 199 g/mol. The standard InChI is InChI=1S/C10H17NO3/c1-13-6-14-9-8(11-10(9)12)5-4-7-2-3-7/h7-9H,2-6H2,1H3,(H,11,12)/t8-,9+/m0/s1. The van der Waals surface area contributed by atoms with E-state index < -0.39 is 0 Å². The molecule has 14 heavy (non-hydrogen) atoms. The van der Waals surface area contributed by atoms with E-state index in [1.807, 2.05) is 0 Å². The summed E-state index contributed by atoms with van der Waals surface area (Å²) in [6.07, 6.45) is 4.73. The minimum absolute atomic E-state index is 0.00264. The predicted molar refractivity (Wildman–Crippen MR) is 50.6 cm³/mol. The molecule has 1 aliphatic carbocycles. The number of carbonyl (C=O) groups is 1. The molecule has 1 N–H and O–H groups in total. The molecular weight excluding hydrogens is 182 g/mol. The third kappa shape index (κ3) is 2.25. The van der Waals surface area contributed by atoms with E-state index in [0.29, 0.717) is 0 Å². The molecule has 0 radical (unpaired) electrons. The van der Waals surface area contributed by atoms with E-state index in [2.05, 4.69) is 5.32 Å². The van der Waals surface area contributed by atoms with Gasteiger partial charge < -0.3 is 14.8 Å². The first kappa shape index (κ1) is 9.93. The summed E-state index contributed by atoms with van der Waals surface area (Å²) in [5.74, 6) is 0.915. The van der Waals surface area contributed by atoms with Crippen LogP contribution in [0.4, 0.5) is 0 Å². The maximum Gasteiger partial charge on any atom is 0.251 e. The van der Waals surface area contributed by atoms with Crippen molar-refractivity contribution in [2.45, 2.75) is 37.8 Å². The van der Waals surface area contributed by atoms with Gasteiger partial charge in [-0.1, -0.05) is 12.8 Å². The Morgan fingerprint density at radius 2 is 2.21 bits per heavy atom. The first-order valence-corrected chi connectivity index (χ1v) is 5.22. The topological polar surface area (TPSA) is 47.6 Å². The Labute approximate surface area is 84.0 Å². The van der Waals surface area contributed by atoms with E-state index >= 15 is 0 Å². The molecule has 80 valence electrons. The maximum atomic E-state index is 11.1. The van der Waals surface area contributed by atoms with Gasteiger partial charge in [-0.3, -0.25) is 4.79 Å². The first-order valence-electron chi connectivity index (χ1n) is 5.22. The molecule has 0 aromatic rings. The lowest BCUT2D eigenvalue weighted by atomic mass is 9.96. The summed E-state index contributed by atoms with van der Waals surface area (Å²) in [7, 11) is 1.57. The Morgan fingerprint density at radius 3 is 2.79 bits per heavy atom. The quantitative estimate of drug-likeness (QED) is 0.505. The van der Waals surface area contributed by atoms with Crippen LogP contribution >= 0.6 is 0 Å². The fourth-order valence-corrected chi connectivity index (χ4v) is 1.81. The molecular formula is C10H17NO3. The summed E-state index contributed by atoms with van der Waals surface area (Å²) < 4.78 is 10.1. The van der Waals surface area contributed by atoms with Crippen molar-refractivity contribution in [3.63, 3.8) is 0 Å². The Bertz CT molecular complexity index is 215. The molecule has 1 heterocycles. The molecule has 0 aromatic heterocycles. The Kier molecular flexibility index (Phi) is 3.03. The number of β-lactam (4-membered cyclic amide) rings is 1. The van der Waals surface area contributed by atoms with Crippen LogP contribution in [-0.4, -0.2) is 32.0 Å². The largest absolute Gasteiger partial charge is 0.359 e. The third-order valence-electron chi connectivity index (χ3n) is 2.90. The lowest BCUT2D eigenvalue weighted by Gasteiger charge is -2.36. The van der Waals surface area contributed by atoms with E-state index in [0.717, 1.165) is 12.3 Å². The number of hydrogen-bond acceptors (Lipinski definition) is 3. The minimum atomic E-state index is -0.270. The summed E-state index contributed by atoms with van der Waals surface area (Å²) in [5.41, 5.74) is 0. The molecule has 0 unspecified atom stereocenters. The van der Waals surface area contributed by atoms with Gasteiger partial charge in [0.1, 0.15) is 6.79 Å². The van der Waals surface area contributed by atoms with Gasteiger partial charge in [0, 0.05) is 7.11 Å². The first-order chi connectivity index (χ1) is 6.81. The maximum absolute atomic E-state index is 11.1. The molecule has 1 saturated carbocycles. The molecule has 4 heteroatoms. The Hall–Kier alpha value is -0.610. The van der Waals surface area contributed by atoms with Crippen molar-refractivity contribution in [1.29, 1.82) is 0 Å². The van der Waals surface area contributed by atoms with Gasteiger partial charge in [0.05, 0.1) is 6.04 Å². The molecule has 2 rings (SSSR count). The van der Waals surface area contributed by atoms with Crippen LogP contribution in [0.2, 0.25) is 0 Å². The number of hydrogen-bond donors (Lipinski definition) is 1. The SMILES string of the molecule is COCO[C@H]1C(=O)N[C@H]1CCC1CC1. The fourth-order valence-electron chi connectivity index (χ4n) is 1.81. The summed E-state index contributed by atoms with van der Waals surface area (Å²) in [6.45, 7) is 0.206. The number of methoxy groups -OCH3 is 1. The van der Waals surface area contributed by atoms with Crippen LogP contribution in [-0.2, 0) is 14.3 Å². The molecule has 1 saturated heterocycles. The number of nitrogens with one attached hydrogen (secondary N) is 1. The molecule has 1 aliphatic heterocycles. The second-order valence-electron chi connectivity index (χ2n) is 4.13. The van der Waals surface area contributed by atoms with Crippen LogP contribution in [0.3, 0.4) is 0 Å². The zero-order valence-corrected chi connectivity index (χ0v) is 8.49. The Balaban J connectivity index is 1.67. The molecule has 0 spiro atoms. The zero-order chi connectivity index (χ0) is 9.97. The van der Waals surface area contributed by atoms with Crippen molar-refractivity contribution in [2.75, 3.05) is 13.9 Å². The van der Waals surface area contributed by atoms with Crippen LogP contribution in [0.15, 0.2) is 0 Å². The van der Waals surface area contributed by atoms with Crippen LogP contribution in [0, 0.1) is 5.92 Å². The normalized spacial score (nSPS) is 31.1. The van der Waals surface area contributed by atoms with E-state index in [4.69, 9.17) is 9.47 Å². The van der Waals surface area contributed by atoms with Crippen molar-refractivity contribution in [3.05, 3.63) is 0 Å². The van der Waals surface area contributed by atoms with E-state index in [9.17, 15) is 4.79 Å². The zero-order valence-electron chi connectivity index (χ0n) is 8.49. The summed E-state index contributed by atoms with van der Waals surface area (Å²) in [6, 6.07) is 0.221. The van der Waals surface area contributed by atoms with Gasteiger partial charge in [-0.25, -0.2) is 0 Å². The van der Waals surface area contributed by atoms with E-state index in [1.165, 1.54) is 19.3 Å². The van der Waals surface area contributed by atoms with Gasteiger partial charge in [-0.05, 0) is 18.8 Å². The third-order valence-corrected chi connectivity index (χ3v) is 2.90. The van der Waals surface area contributed by atoms with Crippen LogP contribution in [0.1, 0.15) is 25.7 Å². The van der Waals surface area contributed by atoms with Crippen LogP contribution < -0.4 is 5.32 Å². The van der Waals surface area contributed by atoms with Gasteiger partial charge in [-0.2, -0.15) is 0 Å². The van der Waals surface area contributed by atoms with Crippen molar-refractivity contribution >= 4 is 5.91 Å². The number of rotatable bonds is 6. The number of amides is 1. The fraction of sp³-hybridized carbons (Fsp3) is 0.900. The predicted octanol–water partition coefficient (Wildman–Crippen LogP) is 0.664. The molecule has 1 amide bonds. The highest BCUT2D eigenvalue weighted by Crippen LogP contribution is 2.35. The van der Waals surface area contributed by atoms with E-state index in [1.54, 1.807) is 7.11 Å². The van der Waals surface area contributed by atoms with Crippen LogP contribution in [0.5, 0.6) is 0 Å². The van der Waals surface area contributed by atoms with Gasteiger partial charge in [0.15, 0.2) is 6.10 Å². The summed E-state index contributed by atoms with van der Waals surface area (Å²) in [5, 5.41) is 2.87. The highest BCUT2D eigenvalue weighted by Gasteiger charge is 2.40. The highest BCUT2D eigenvalue weighted by atomic mass is 16.7. The van der Waals surface area contributed by atoms with Crippen molar-refractivity contribution in [2.24, 2.45) is 5.92 Å². The highest BCUT2D eigenvalue weighted by molar-refractivity contribution is 5.88. The second-order valence-corrected chi connectivity index (χ2v) is 4.13. The molecule has 4 nitrogen and oxygen atoms in total. The summed E-state index contributed by atoms with van der Waals surface area (Å²) >= 11 is 0. The van der Waals surface area contributed by atoms with Crippen LogP contribution in [0.25, 0.3) is 0 Å². The Morgan fingerprint density at radius 1 is 1.43 bits per heavy atom. The molecule has 2 atom stereocenters. The molecule has 0 aromatic carbocycles. The van der Waals surface area contributed by atoms with Gasteiger partial charge in [-0.15, -0.1) is 0 Å².